The van der Waals surface area contributed by atoms with Crippen LogP contribution in [0, 0.1) is 5.82 Å². The number of aromatic nitrogens is 2. The van der Waals surface area contributed by atoms with Crippen LogP contribution < -0.4 is 17.0 Å². The third kappa shape index (κ3) is 1.95. The van der Waals surface area contributed by atoms with Gasteiger partial charge >= 0.3 is 5.69 Å². The van der Waals surface area contributed by atoms with Crippen LogP contribution in [0.1, 0.15) is 6.92 Å². The topological polar surface area (TPSA) is 70.0 Å². The van der Waals surface area contributed by atoms with Gasteiger partial charge in [0.25, 0.3) is 5.56 Å². The van der Waals surface area contributed by atoms with Gasteiger partial charge in [0, 0.05) is 19.6 Å². The van der Waals surface area contributed by atoms with Gasteiger partial charge in [-0.15, -0.1) is 0 Å². The maximum atomic E-state index is 13.2. The van der Waals surface area contributed by atoms with Crippen molar-refractivity contribution in [2.24, 2.45) is 12.8 Å². The summed E-state index contributed by atoms with van der Waals surface area (Å²) >= 11 is 0. The number of rotatable bonds is 2. The van der Waals surface area contributed by atoms with Crippen LogP contribution in [0.3, 0.4) is 0 Å². The molecule has 0 aliphatic heterocycles. The molecule has 0 saturated carbocycles. The molecule has 5 nitrogen and oxygen atoms in total. The second-order valence-electron chi connectivity index (χ2n) is 4.40. The molecule has 18 heavy (non-hydrogen) atoms. The molecule has 96 valence electrons. The number of nitrogens with two attached hydrogens (primary N) is 1. The lowest BCUT2D eigenvalue weighted by Gasteiger charge is -2.12. The minimum Gasteiger partial charge on any atom is -0.326 e. The number of nitrogens with zero attached hydrogens (tertiary/aromatic N) is 2. The van der Waals surface area contributed by atoms with Crippen LogP contribution in [0.25, 0.3) is 10.9 Å². The second kappa shape index (κ2) is 4.38. The molecule has 0 fully saturated rings. The van der Waals surface area contributed by atoms with Gasteiger partial charge in [-0.3, -0.25) is 13.9 Å². The van der Waals surface area contributed by atoms with Gasteiger partial charge < -0.3 is 5.73 Å². The van der Waals surface area contributed by atoms with Crippen LogP contribution in [-0.4, -0.2) is 15.2 Å². The summed E-state index contributed by atoms with van der Waals surface area (Å²) in [5, 5.41) is 0.178. The minimum absolute atomic E-state index is 0.109. The van der Waals surface area contributed by atoms with Gasteiger partial charge in [-0.05, 0) is 25.1 Å². The van der Waals surface area contributed by atoms with Gasteiger partial charge in [-0.2, -0.15) is 0 Å². The van der Waals surface area contributed by atoms with Gasteiger partial charge in [0.05, 0.1) is 10.9 Å². The van der Waals surface area contributed by atoms with E-state index in [2.05, 4.69) is 0 Å². The first-order chi connectivity index (χ1) is 8.41. The molecule has 2 aromatic rings. The van der Waals surface area contributed by atoms with Crippen LogP contribution >= 0.6 is 0 Å². The summed E-state index contributed by atoms with van der Waals surface area (Å²) in [5.74, 6) is -0.509. The monoisotopic (exact) mass is 251 g/mol. The van der Waals surface area contributed by atoms with E-state index in [0.717, 1.165) is 10.6 Å². The molecule has 0 saturated heterocycles. The van der Waals surface area contributed by atoms with Crippen LogP contribution in [0.5, 0.6) is 0 Å². The summed E-state index contributed by atoms with van der Waals surface area (Å²) in [5.41, 5.74) is 5.06. The van der Waals surface area contributed by atoms with E-state index < -0.39 is 17.1 Å². The lowest BCUT2D eigenvalue weighted by Crippen LogP contribution is -2.42. The molecule has 0 spiro atoms. The van der Waals surface area contributed by atoms with E-state index >= 15 is 0 Å². The van der Waals surface area contributed by atoms with Crippen molar-refractivity contribution in [2.75, 3.05) is 0 Å². The Morgan fingerprint density at radius 3 is 2.67 bits per heavy atom. The summed E-state index contributed by atoms with van der Waals surface area (Å²) in [4.78, 5) is 24.1. The number of hydrogen-bond donors (Lipinski definition) is 1. The zero-order valence-corrected chi connectivity index (χ0v) is 10.2. The van der Waals surface area contributed by atoms with Crippen LogP contribution in [0.15, 0.2) is 27.8 Å². The maximum Gasteiger partial charge on any atom is 0.331 e. The van der Waals surface area contributed by atoms with E-state index in [9.17, 15) is 14.0 Å². The van der Waals surface area contributed by atoms with Crippen molar-refractivity contribution in [1.29, 1.82) is 0 Å². The largest absolute Gasteiger partial charge is 0.331 e. The fraction of sp³-hybridized carbons (Fsp3) is 0.333. The Kier molecular flexibility index (Phi) is 3.04. The first kappa shape index (κ1) is 12.5. The molecule has 0 aliphatic rings. The van der Waals surface area contributed by atoms with Gasteiger partial charge in [-0.1, -0.05) is 0 Å². The van der Waals surface area contributed by atoms with E-state index in [1.165, 1.54) is 16.7 Å². The van der Waals surface area contributed by atoms with Gasteiger partial charge in [0.1, 0.15) is 5.82 Å². The molecule has 1 unspecified atom stereocenters. The predicted molar refractivity (Wildman–Crippen MR) is 67.1 cm³/mol. The molecule has 0 aliphatic carbocycles. The van der Waals surface area contributed by atoms with Crippen molar-refractivity contribution in [3.8, 4) is 0 Å². The molecule has 0 radical (unpaired) electrons. The Balaban J connectivity index is 2.89. The average Bonchev–Trinajstić information content (AvgIpc) is 2.31. The van der Waals surface area contributed by atoms with Crippen molar-refractivity contribution >= 4 is 10.9 Å². The first-order valence-corrected chi connectivity index (χ1v) is 5.56. The van der Waals surface area contributed by atoms with Crippen LogP contribution in [-0.2, 0) is 13.6 Å². The molecule has 0 bridgehead atoms. The molecule has 1 atom stereocenters. The Bertz CT molecular complexity index is 716. The molecule has 0 amide bonds. The minimum atomic E-state index is -0.509. The Morgan fingerprint density at radius 2 is 2.06 bits per heavy atom. The fourth-order valence-corrected chi connectivity index (χ4v) is 1.94. The van der Waals surface area contributed by atoms with Crippen molar-refractivity contribution in [3.05, 3.63) is 44.9 Å². The maximum absolute atomic E-state index is 13.2. The van der Waals surface area contributed by atoms with E-state index in [1.54, 1.807) is 14.0 Å². The summed E-state index contributed by atoms with van der Waals surface area (Å²) in [6.45, 7) is 1.81. The quantitative estimate of drug-likeness (QED) is 0.828. The van der Waals surface area contributed by atoms with Crippen molar-refractivity contribution < 1.29 is 4.39 Å². The van der Waals surface area contributed by atoms with Crippen LogP contribution in [0.2, 0.25) is 0 Å². The molecular formula is C12H14FN3O2. The van der Waals surface area contributed by atoms with Gasteiger partial charge in [0.2, 0.25) is 0 Å². The molecule has 2 N–H and O–H groups in total. The highest BCUT2D eigenvalue weighted by Crippen LogP contribution is 2.09. The number of hydrogen-bond acceptors (Lipinski definition) is 3. The number of halogens is 1. The third-order valence-corrected chi connectivity index (χ3v) is 2.78. The lowest BCUT2D eigenvalue weighted by atomic mass is 10.2. The number of aryl methyl sites for hydroxylation is 1. The Morgan fingerprint density at radius 1 is 1.39 bits per heavy atom. The standard InChI is InChI=1S/C12H14FN3O2/c1-7(14)6-16-11(17)9-5-8(13)3-4-10(9)15(2)12(16)18/h3-5,7H,6,14H2,1-2H3. The lowest BCUT2D eigenvalue weighted by molar-refractivity contribution is 0.537. The summed E-state index contributed by atoms with van der Waals surface area (Å²) in [6.07, 6.45) is 0. The molecule has 1 heterocycles. The predicted octanol–water partition coefficient (Wildman–Crippen LogP) is 0.186. The zero-order valence-electron chi connectivity index (χ0n) is 10.2. The van der Waals surface area contributed by atoms with Crippen molar-refractivity contribution in [3.63, 3.8) is 0 Å². The summed E-state index contributed by atoms with van der Waals surface area (Å²) < 4.78 is 15.5. The van der Waals surface area contributed by atoms with Crippen LogP contribution in [0.4, 0.5) is 4.39 Å². The van der Waals surface area contributed by atoms with Gasteiger partial charge in [0.15, 0.2) is 0 Å². The first-order valence-electron chi connectivity index (χ1n) is 5.56. The molecule has 1 aromatic heterocycles. The number of benzene rings is 1. The normalized spacial score (nSPS) is 12.9. The van der Waals surface area contributed by atoms with Crippen molar-refractivity contribution in [1.82, 2.24) is 9.13 Å². The second-order valence-corrected chi connectivity index (χ2v) is 4.40. The molecule has 6 heteroatoms. The number of fused-ring (bicyclic) bond motifs is 1. The van der Waals surface area contributed by atoms with E-state index in [4.69, 9.17) is 5.73 Å². The average molecular weight is 251 g/mol. The Hall–Kier alpha value is -1.95. The Labute approximate surface area is 102 Å². The summed E-state index contributed by atoms with van der Waals surface area (Å²) in [6, 6.07) is 3.44. The highest BCUT2D eigenvalue weighted by Gasteiger charge is 2.12. The summed E-state index contributed by atoms with van der Waals surface area (Å²) in [7, 11) is 1.54. The molecule has 1 aromatic carbocycles. The smallest absolute Gasteiger partial charge is 0.326 e. The SMILES string of the molecule is CC(N)Cn1c(=O)c2cc(F)ccc2n(C)c1=O. The third-order valence-electron chi connectivity index (χ3n) is 2.78. The highest BCUT2D eigenvalue weighted by atomic mass is 19.1. The van der Waals surface area contributed by atoms with E-state index in [0.29, 0.717) is 5.52 Å². The molecule has 2 rings (SSSR count). The highest BCUT2D eigenvalue weighted by molar-refractivity contribution is 5.77. The van der Waals surface area contributed by atoms with E-state index in [1.807, 2.05) is 0 Å². The fourth-order valence-electron chi connectivity index (χ4n) is 1.94. The van der Waals surface area contributed by atoms with Gasteiger partial charge in [-0.25, -0.2) is 9.18 Å². The molecular weight excluding hydrogens is 237 g/mol. The van der Waals surface area contributed by atoms with E-state index in [-0.39, 0.29) is 18.0 Å². The van der Waals surface area contributed by atoms with Crippen molar-refractivity contribution in [2.45, 2.75) is 19.5 Å². The zero-order chi connectivity index (χ0) is 13.4.